The molecule has 1 N–H and O–H groups in total. The average molecular weight is 517 g/mol. The van der Waals surface area contributed by atoms with E-state index in [9.17, 15) is 5.11 Å². The minimum Gasteiger partial charge on any atom is -0.508 e. The molecule has 1 saturated heterocycles. The lowest BCUT2D eigenvalue weighted by Gasteiger charge is -2.60. The SMILES string of the molecule is C=CCN1CC[C@]23c4c5c(O)cc(OC)c4O[C@H]2[C@@H](N(C)CCCCCCc2ccccc2)CC[C@H]3[C@H]1C5. The van der Waals surface area contributed by atoms with Gasteiger partial charge in [-0.05, 0) is 76.6 Å². The van der Waals surface area contributed by atoms with Gasteiger partial charge in [0, 0.05) is 41.2 Å². The Labute approximate surface area is 228 Å². The van der Waals surface area contributed by atoms with Crippen molar-refractivity contribution in [2.45, 2.75) is 81.4 Å². The number of aryl methyl sites for hydroxylation is 1. The topological polar surface area (TPSA) is 45.2 Å². The number of piperidine rings is 1. The molecule has 5 nitrogen and oxygen atoms in total. The number of benzene rings is 2. The lowest BCUT2D eigenvalue weighted by molar-refractivity contribution is -0.0824. The van der Waals surface area contributed by atoms with Crippen molar-refractivity contribution in [1.29, 1.82) is 0 Å². The summed E-state index contributed by atoms with van der Waals surface area (Å²) in [7, 11) is 4.00. The maximum atomic E-state index is 11.1. The molecule has 1 spiro atoms. The third kappa shape index (κ3) is 4.14. The van der Waals surface area contributed by atoms with Gasteiger partial charge in [0.05, 0.1) is 7.11 Å². The molecule has 0 aromatic heterocycles. The van der Waals surface area contributed by atoms with Crippen LogP contribution in [0.5, 0.6) is 17.2 Å². The van der Waals surface area contributed by atoms with Crippen molar-refractivity contribution in [3.05, 3.63) is 65.7 Å². The van der Waals surface area contributed by atoms with Crippen molar-refractivity contribution in [3.8, 4) is 17.2 Å². The quantitative estimate of drug-likeness (QED) is 0.305. The van der Waals surface area contributed by atoms with Crippen LogP contribution in [0.4, 0.5) is 0 Å². The molecule has 204 valence electrons. The normalized spacial score (nSPS) is 29.1. The average Bonchev–Trinajstić information content (AvgIpc) is 3.27. The Hall–Kier alpha value is -2.50. The van der Waals surface area contributed by atoms with E-state index in [1.54, 1.807) is 13.2 Å². The maximum Gasteiger partial charge on any atom is 0.166 e. The zero-order valence-corrected chi connectivity index (χ0v) is 23.2. The summed E-state index contributed by atoms with van der Waals surface area (Å²) in [5.74, 6) is 2.52. The lowest BCUT2D eigenvalue weighted by atomic mass is 9.51. The fraction of sp³-hybridized carbons (Fsp3) is 0.576. The van der Waals surface area contributed by atoms with Gasteiger partial charge in [-0.3, -0.25) is 9.80 Å². The first-order valence-corrected chi connectivity index (χ1v) is 14.8. The van der Waals surface area contributed by atoms with Crippen molar-refractivity contribution >= 4 is 0 Å². The molecule has 0 amide bonds. The van der Waals surface area contributed by atoms with E-state index < -0.39 is 0 Å². The molecule has 2 aromatic rings. The molecule has 1 saturated carbocycles. The molecule has 6 rings (SSSR count). The van der Waals surface area contributed by atoms with Gasteiger partial charge in [0.2, 0.25) is 0 Å². The van der Waals surface area contributed by atoms with Gasteiger partial charge in [0.1, 0.15) is 11.9 Å². The summed E-state index contributed by atoms with van der Waals surface area (Å²) < 4.78 is 12.7. The van der Waals surface area contributed by atoms with E-state index in [0.717, 1.165) is 50.2 Å². The highest BCUT2D eigenvalue weighted by Crippen LogP contribution is 2.65. The minimum absolute atomic E-state index is 0.0376. The zero-order chi connectivity index (χ0) is 26.3. The standard InChI is InChI=1S/C33H44N2O3/c1-4-18-35-20-17-33-25-15-16-26(34(2)19-11-6-5-8-12-23-13-9-7-10-14-23)32(33)38-31-29(37-3)22-28(36)24(30(31)33)21-27(25)35/h4,7,9-10,13-14,22,25-27,32,36H,1,5-6,8,11-12,15-21H2,2-3H3/t25-,26-,27+,32-,33-/m0/s1. The van der Waals surface area contributed by atoms with Gasteiger partial charge in [0.15, 0.2) is 11.5 Å². The fourth-order valence-corrected chi connectivity index (χ4v) is 8.50. The van der Waals surface area contributed by atoms with Crippen molar-refractivity contribution in [2.24, 2.45) is 5.92 Å². The predicted molar refractivity (Wildman–Crippen MR) is 152 cm³/mol. The summed E-state index contributed by atoms with van der Waals surface area (Å²) in [6.07, 6.45) is 12.7. The Balaban J connectivity index is 1.18. The highest BCUT2D eigenvalue weighted by atomic mass is 16.5. The molecule has 2 aromatic carbocycles. The number of unbranched alkanes of at least 4 members (excludes halogenated alkanes) is 3. The van der Waals surface area contributed by atoms with E-state index in [4.69, 9.17) is 9.47 Å². The van der Waals surface area contributed by atoms with Crippen LogP contribution in [0.1, 0.15) is 61.6 Å². The predicted octanol–water partition coefficient (Wildman–Crippen LogP) is 5.73. The van der Waals surface area contributed by atoms with Crippen molar-refractivity contribution < 1.29 is 14.6 Å². The lowest BCUT2D eigenvalue weighted by Crippen LogP contribution is -2.68. The van der Waals surface area contributed by atoms with Crippen LogP contribution in [-0.4, -0.2) is 66.9 Å². The van der Waals surface area contributed by atoms with Gasteiger partial charge >= 0.3 is 0 Å². The van der Waals surface area contributed by atoms with Crippen LogP contribution >= 0.6 is 0 Å². The van der Waals surface area contributed by atoms with Crippen LogP contribution in [0.3, 0.4) is 0 Å². The van der Waals surface area contributed by atoms with Gasteiger partial charge in [-0.25, -0.2) is 0 Å². The van der Waals surface area contributed by atoms with Crippen LogP contribution in [0.2, 0.25) is 0 Å². The maximum absolute atomic E-state index is 11.1. The molecule has 2 aliphatic carbocycles. The smallest absolute Gasteiger partial charge is 0.166 e. The third-order valence-electron chi connectivity index (χ3n) is 10.2. The van der Waals surface area contributed by atoms with Crippen LogP contribution < -0.4 is 9.47 Å². The number of phenolic OH excluding ortho intramolecular Hbond substituents is 1. The van der Waals surface area contributed by atoms with Gasteiger partial charge in [-0.15, -0.1) is 6.58 Å². The highest BCUT2D eigenvalue weighted by molar-refractivity contribution is 5.65. The van der Waals surface area contributed by atoms with E-state index in [2.05, 4.69) is 53.8 Å². The Bertz CT molecular complexity index is 1150. The molecule has 0 radical (unpaired) electrons. The molecule has 2 fully saturated rings. The van der Waals surface area contributed by atoms with Gasteiger partial charge in [-0.2, -0.15) is 0 Å². The van der Waals surface area contributed by atoms with Crippen molar-refractivity contribution in [2.75, 3.05) is 33.8 Å². The minimum atomic E-state index is -0.0376. The first-order valence-electron chi connectivity index (χ1n) is 14.8. The summed E-state index contributed by atoms with van der Waals surface area (Å²) >= 11 is 0. The first-order chi connectivity index (χ1) is 18.6. The molecule has 0 unspecified atom stereocenters. The van der Waals surface area contributed by atoms with Gasteiger partial charge < -0.3 is 14.6 Å². The van der Waals surface area contributed by atoms with Crippen molar-refractivity contribution in [3.63, 3.8) is 0 Å². The summed E-state index contributed by atoms with van der Waals surface area (Å²) in [4.78, 5) is 5.19. The van der Waals surface area contributed by atoms with Crippen LogP contribution in [0.25, 0.3) is 0 Å². The highest BCUT2D eigenvalue weighted by Gasteiger charge is 2.66. The number of aromatic hydroxyl groups is 1. The fourth-order valence-electron chi connectivity index (χ4n) is 8.50. The van der Waals surface area contributed by atoms with Crippen LogP contribution in [0, 0.1) is 5.92 Å². The Morgan fingerprint density at radius 3 is 2.79 bits per heavy atom. The Morgan fingerprint density at radius 1 is 1.18 bits per heavy atom. The molecule has 4 aliphatic rings. The molecule has 2 heterocycles. The third-order valence-corrected chi connectivity index (χ3v) is 10.2. The second kappa shape index (κ2) is 10.6. The molecular weight excluding hydrogens is 472 g/mol. The summed E-state index contributed by atoms with van der Waals surface area (Å²) in [6, 6.07) is 13.4. The number of hydrogen-bond acceptors (Lipinski definition) is 5. The van der Waals surface area contributed by atoms with Crippen molar-refractivity contribution in [1.82, 2.24) is 9.80 Å². The number of hydrogen-bond donors (Lipinski definition) is 1. The molecule has 5 atom stereocenters. The van der Waals surface area contributed by atoms with Gasteiger partial charge in [-0.1, -0.05) is 49.2 Å². The summed E-state index contributed by atoms with van der Waals surface area (Å²) in [6.45, 7) is 7.11. The second-order valence-corrected chi connectivity index (χ2v) is 12.0. The Kier molecular flexibility index (Phi) is 7.17. The number of nitrogens with zero attached hydrogens (tertiary/aromatic N) is 2. The molecule has 5 heteroatoms. The number of ether oxygens (including phenoxy) is 2. The number of likely N-dealkylation sites (tertiary alicyclic amines) is 1. The molecule has 38 heavy (non-hydrogen) atoms. The number of methoxy groups -OCH3 is 1. The van der Waals surface area contributed by atoms with E-state index >= 15 is 0 Å². The Morgan fingerprint density at radius 2 is 2.00 bits per heavy atom. The largest absolute Gasteiger partial charge is 0.508 e. The second-order valence-electron chi connectivity index (χ2n) is 12.0. The monoisotopic (exact) mass is 516 g/mol. The number of phenols is 1. The number of rotatable bonds is 11. The molecule has 2 bridgehead atoms. The van der Waals surface area contributed by atoms with Crippen LogP contribution in [0.15, 0.2) is 49.1 Å². The first kappa shape index (κ1) is 25.8. The van der Waals surface area contributed by atoms with E-state index in [1.807, 2.05) is 6.08 Å². The van der Waals surface area contributed by atoms with E-state index in [0.29, 0.717) is 29.5 Å². The molecular formula is C33H44N2O3. The van der Waals surface area contributed by atoms with E-state index in [1.165, 1.54) is 49.7 Å². The zero-order valence-electron chi connectivity index (χ0n) is 23.2. The van der Waals surface area contributed by atoms with Gasteiger partial charge in [0.25, 0.3) is 0 Å². The summed E-state index contributed by atoms with van der Waals surface area (Å²) in [5, 5.41) is 11.1. The van der Waals surface area contributed by atoms with E-state index in [-0.39, 0.29) is 11.5 Å². The molecule has 2 aliphatic heterocycles. The summed E-state index contributed by atoms with van der Waals surface area (Å²) in [5.41, 5.74) is 3.78. The number of likely N-dealkylation sites (N-methyl/N-ethyl adjacent to an activating group) is 1. The van der Waals surface area contributed by atoms with Crippen LogP contribution in [-0.2, 0) is 18.3 Å².